The molecule has 2 aromatic rings. The van der Waals surface area contributed by atoms with E-state index in [1.807, 2.05) is 36.4 Å². The summed E-state index contributed by atoms with van der Waals surface area (Å²) in [6.07, 6.45) is 8.96. The summed E-state index contributed by atoms with van der Waals surface area (Å²) in [6, 6.07) is 10.0. The molecule has 280 valence electrons. The maximum atomic E-state index is 14.6. The Balaban J connectivity index is 1.22. The zero-order valence-corrected chi connectivity index (χ0v) is 31.3. The van der Waals surface area contributed by atoms with Crippen LogP contribution in [0.4, 0.5) is 4.79 Å². The van der Waals surface area contributed by atoms with Crippen molar-refractivity contribution in [1.29, 1.82) is 0 Å². The van der Waals surface area contributed by atoms with E-state index in [0.717, 1.165) is 29.2 Å². The minimum atomic E-state index is -3.97. The van der Waals surface area contributed by atoms with E-state index in [1.165, 1.54) is 4.90 Å². The molecule has 1 spiro atoms. The second-order valence-corrected chi connectivity index (χ2v) is 18.9. The Morgan fingerprint density at radius 1 is 1.02 bits per heavy atom. The van der Waals surface area contributed by atoms with Gasteiger partial charge in [0.1, 0.15) is 34.6 Å². The molecule has 2 saturated carbocycles. The molecule has 3 fully saturated rings. The summed E-state index contributed by atoms with van der Waals surface area (Å²) in [6.45, 7) is 6.94. The Kier molecular flexibility index (Phi) is 9.11. The number of allylic oxidation sites excluding steroid dienone is 1. The molecule has 2 aromatic carbocycles. The van der Waals surface area contributed by atoms with Gasteiger partial charge in [-0.1, -0.05) is 55.3 Å². The minimum absolute atomic E-state index is 0.0952. The first-order valence-corrected chi connectivity index (χ1v) is 20.1. The van der Waals surface area contributed by atoms with Gasteiger partial charge in [-0.25, -0.2) is 13.2 Å². The number of nitrogens with zero attached hydrogens (tertiary/aromatic N) is 1. The molecule has 2 aliphatic carbocycles. The van der Waals surface area contributed by atoms with Crippen molar-refractivity contribution in [3.8, 4) is 5.75 Å². The van der Waals surface area contributed by atoms with Gasteiger partial charge in [-0.15, -0.1) is 0 Å². The van der Waals surface area contributed by atoms with Gasteiger partial charge in [0.15, 0.2) is 0 Å². The van der Waals surface area contributed by atoms with Gasteiger partial charge in [-0.3, -0.25) is 19.1 Å². The average molecular weight is 735 g/mol. The monoisotopic (exact) mass is 734 g/mol. The Bertz CT molecular complexity index is 1930. The molecular formula is C39H50N4O8S. The summed E-state index contributed by atoms with van der Waals surface area (Å²) in [5.41, 5.74) is -2.10. The van der Waals surface area contributed by atoms with Gasteiger partial charge in [0.25, 0.3) is 5.91 Å². The Hall–Kier alpha value is -4.13. The van der Waals surface area contributed by atoms with E-state index in [1.54, 1.807) is 27.7 Å². The van der Waals surface area contributed by atoms with Crippen molar-refractivity contribution in [2.24, 2.45) is 5.92 Å². The second-order valence-electron chi connectivity index (χ2n) is 16.7. The smallest absolute Gasteiger partial charge is 0.408 e. The maximum absolute atomic E-state index is 14.6. The Morgan fingerprint density at radius 2 is 1.79 bits per heavy atom. The van der Waals surface area contributed by atoms with Crippen LogP contribution in [0.25, 0.3) is 10.8 Å². The van der Waals surface area contributed by atoms with Crippen LogP contribution in [-0.2, 0) is 35.6 Å². The van der Waals surface area contributed by atoms with E-state index < -0.39 is 73.3 Å². The highest BCUT2D eigenvalue weighted by molar-refractivity contribution is 7.91. The highest BCUT2D eigenvalue weighted by Crippen LogP contribution is 2.48. The number of carbonyl (C=O) groups is 4. The SMILES string of the molecule is CC(C)(C)OC(=O)N[C@H]1CCCCC/C=C\[C@H]2C[C@@]2(C(=O)NS(=O)(=O)C2(C)CC2)NC(=O)[C@@H]2C[C@]3(CCc4c(ccc5ccccc45)O3)CN2C1=O. The standard InChI is InChI=1S/C39H50N4O8S/c1-36(2,3)51-35(47)40-29-15-9-7-5-6-8-13-26-22-39(26,34(46)42-52(48,49)37(4)20-21-37)41-32(44)30-23-38(24-43(30)33(29)45)19-18-28-27-14-11-10-12-25(27)16-17-31(28)50-38/h8,10-14,16-17,26,29-30H,5-7,9,15,18-24H2,1-4H3,(H,40,47)(H,41,44)(H,42,46)/b13-8-/t26-,29-,30-,38+,39+/m0/s1. The van der Waals surface area contributed by atoms with Crippen LogP contribution in [0, 0.1) is 5.92 Å². The third-order valence-corrected chi connectivity index (χ3v) is 13.6. The Morgan fingerprint density at radius 3 is 2.54 bits per heavy atom. The molecule has 5 aliphatic rings. The number of benzene rings is 2. The summed E-state index contributed by atoms with van der Waals surface area (Å²) < 4.78 is 39.9. The number of alkyl carbamates (subject to hydrolysis) is 1. The Labute approximate surface area is 305 Å². The first-order valence-electron chi connectivity index (χ1n) is 18.6. The van der Waals surface area contributed by atoms with Gasteiger partial charge in [-0.2, -0.15) is 0 Å². The normalized spacial score (nSPS) is 30.7. The number of fused-ring (bicyclic) bond motifs is 5. The summed E-state index contributed by atoms with van der Waals surface area (Å²) in [4.78, 5) is 57.5. The number of sulfonamides is 1. The number of hydrogen-bond donors (Lipinski definition) is 3. The van der Waals surface area contributed by atoms with Crippen LogP contribution in [0.1, 0.15) is 97.5 Å². The van der Waals surface area contributed by atoms with Gasteiger partial charge < -0.3 is 25.0 Å². The van der Waals surface area contributed by atoms with Crippen molar-refractivity contribution < 1.29 is 37.1 Å². The fourth-order valence-electron chi connectivity index (χ4n) is 8.00. The molecule has 3 N–H and O–H groups in total. The summed E-state index contributed by atoms with van der Waals surface area (Å²) in [5.74, 6) is -1.47. The van der Waals surface area contributed by atoms with Crippen LogP contribution >= 0.6 is 0 Å². The summed E-state index contributed by atoms with van der Waals surface area (Å²) in [7, 11) is -3.97. The van der Waals surface area contributed by atoms with Crippen molar-refractivity contribution in [3.05, 3.63) is 54.1 Å². The lowest BCUT2D eigenvalue weighted by Gasteiger charge is -2.36. The van der Waals surface area contributed by atoms with E-state index in [2.05, 4.69) is 27.5 Å². The van der Waals surface area contributed by atoms with Crippen LogP contribution in [-0.4, -0.2) is 77.2 Å². The van der Waals surface area contributed by atoms with Crippen molar-refractivity contribution in [2.45, 2.75) is 132 Å². The fraction of sp³-hybridized carbons (Fsp3) is 0.590. The number of rotatable bonds is 4. The molecule has 1 saturated heterocycles. The first-order chi connectivity index (χ1) is 24.5. The highest BCUT2D eigenvalue weighted by atomic mass is 32.2. The second kappa shape index (κ2) is 13.1. The van der Waals surface area contributed by atoms with E-state index >= 15 is 0 Å². The van der Waals surface area contributed by atoms with Crippen LogP contribution in [0.3, 0.4) is 0 Å². The third kappa shape index (κ3) is 7.00. The molecule has 0 radical (unpaired) electrons. The van der Waals surface area contributed by atoms with Crippen LogP contribution < -0.4 is 20.1 Å². The molecule has 13 heteroatoms. The number of ether oxygens (including phenoxy) is 2. The van der Waals surface area contributed by atoms with Gasteiger partial charge in [0.05, 0.1) is 11.3 Å². The predicted octanol–water partition coefficient (Wildman–Crippen LogP) is 4.79. The third-order valence-electron chi connectivity index (χ3n) is 11.5. The highest BCUT2D eigenvalue weighted by Gasteiger charge is 2.64. The molecule has 3 heterocycles. The predicted molar refractivity (Wildman–Crippen MR) is 195 cm³/mol. The van der Waals surface area contributed by atoms with Crippen LogP contribution in [0.2, 0.25) is 0 Å². The molecule has 12 nitrogen and oxygen atoms in total. The molecule has 0 unspecified atom stereocenters. The molecule has 52 heavy (non-hydrogen) atoms. The molecule has 4 amide bonds. The van der Waals surface area contributed by atoms with Crippen molar-refractivity contribution in [2.75, 3.05) is 6.54 Å². The zero-order valence-electron chi connectivity index (χ0n) is 30.5. The van der Waals surface area contributed by atoms with Gasteiger partial charge in [-0.05, 0) is 95.9 Å². The number of amides is 4. The molecule has 0 aromatic heterocycles. The minimum Gasteiger partial charge on any atom is -0.485 e. The van der Waals surface area contributed by atoms with E-state index in [-0.39, 0.29) is 19.4 Å². The van der Waals surface area contributed by atoms with Crippen molar-refractivity contribution in [3.63, 3.8) is 0 Å². The molecule has 3 aliphatic heterocycles. The molecule has 0 bridgehead atoms. The summed E-state index contributed by atoms with van der Waals surface area (Å²) >= 11 is 0. The lowest BCUT2D eigenvalue weighted by atomic mass is 9.87. The largest absolute Gasteiger partial charge is 0.485 e. The zero-order chi connectivity index (χ0) is 37.1. The van der Waals surface area contributed by atoms with Gasteiger partial charge in [0, 0.05) is 17.9 Å². The fourth-order valence-corrected chi connectivity index (χ4v) is 9.31. The van der Waals surface area contributed by atoms with E-state index in [9.17, 15) is 27.6 Å². The van der Waals surface area contributed by atoms with Crippen molar-refractivity contribution >= 4 is 44.6 Å². The van der Waals surface area contributed by atoms with Crippen LogP contribution in [0.5, 0.6) is 5.75 Å². The van der Waals surface area contributed by atoms with Gasteiger partial charge in [0.2, 0.25) is 21.8 Å². The van der Waals surface area contributed by atoms with Crippen molar-refractivity contribution in [1.82, 2.24) is 20.3 Å². The van der Waals surface area contributed by atoms with E-state index in [4.69, 9.17) is 9.47 Å². The topological polar surface area (TPSA) is 160 Å². The van der Waals surface area contributed by atoms with Gasteiger partial charge >= 0.3 is 6.09 Å². The number of hydrogen-bond acceptors (Lipinski definition) is 8. The lowest BCUT2D eigenvalue weighted by molar-refractivity contribution is -0.141. The van der Waals surface area contributed by atoms with E-state index in [0.29, 0.717) is 50.7 Å². The molecule has 5 atom stereocenters. The maximum Gasteiger partial charge on any atom is 0.408 e. The first kappa shape index (κ1) is 36.2. The number of nitrogens with one attached hydrogen (secondary N) is 3. The van der Waals surface area contributed by atoms with Crippen LogP contribution in [0.15, 0.2) is 48.6 Å². The quantitative estimate of drug-likeness (QED) is 0.378. The number of carbonyl (C=O) groups excluding carboxylic acids is 4. The lowest BCUT2D eigenvalue weighted by Crippen LogP contribution is -2.58. The average Bonchev–Trinajstić information content (AvgIpc) is 3.97. The molecular weight excluding hydrogens is 685 g/mol. The summed E-state index contributed by atoms with van der Waals surface area (Å²) in [5, 5.41) is 7.93. The molecule has 7 rings (SSSR count). The number of aryl methyl sites for hydroxylation is 1.